The van der Waals surface area contributed by atoms with Crippen LogP contribution in [0.1, 0.15) is 18.5 Å². The topological polar surface area (TPSA) is 39.1 Å². The van der Waals surface area contributed by atoms with E-state index >= 15 is 0 Å². The number of aromatic nitrogens is 2. The molecule has 1 saturated carbocycles. The first-order chi connectivity index (χ1) is 9.92. The minimum atomic E-state index is 0.784. The van der Waals surface area contributed by atoms with Gasteiger partial charge in [0.2, 0.25) is 0 Å². The van der Waals surface area contributed by atoms with Crippen molar-refractivity contribution in [3.8, 4) is 5.69 Å². The van der Waals surface area contributed by atoms with Gasteiger partial charge >= 0.3 is 0 Å². The average molecular weight is 271 g/mol. The van der Waals surface area contributed by atoms with Crippen LogP contribution in [0, 0.1) is 5.92 Å². The highest BCUT2D eigenvalue weighted by Gasteiger charge is 2.20. The Hall–Kier alpha value is -1.65. The van der Waals surface area contributed by atoms with E-state index in [1.165, 1.54) is 12.8 Å². The highest BCUT2D eigenvalue weighted by Crippen LogP contribution is 2.28. The van der Waals surface area contributed by atoms with Crippen LogP contribution in [-0.2, 0) is 11.3 Å². The Kier molecular flexibility index (Phi) is 4.46. The third-order valence-electron chi connectivity index (χ3n) is 3.44. The zero-order chi connectivity index (χ0) is 13.6. The summed E-state index contributed by atoms with van der Waals surface area (Å²) in [6.45, 7) is 3.39. The Morgan fingerprint density at radius 2 is 2.05 bits per heavy atom. The zero-order valence-electron chi connectivity index (χ0n) is 11.7. The van der Waals surface area contributed by atoms with Gasteiger partial charge < -0.3 is 10.1 Å². The molecule has 0 bridgehead atoms. The second-order valence-corrected chi connectivity index (χ2v) is 5.28. The van der Waals surface area contributed by atoms with Crippen LogP contribution in [0.5, 0.6) is 0 Å². The van der Waals surface area contributed by atoms with Gasteiger partial charge in [-0.2, -0.15) is 5.10 Å². The van der Waals surface area contributed by atoms with Crippen LogP contribution in [0.4, 0.5) is 0 Å². The molecule has 4 nitrogen and oxygen atoms in total. The van der Waals surface area contributed by atoms with Crippen LogP contribution in [0.3, 0.4) is 0 Å². The van der Waals surface area contributed by atoms with Crippen molar-refractivity contribution in [1.29, 1.82) is 0 Å². The van der Waals surface area contributed by atoms with Gasteiger partial charge in [0.05, 0.1) is 18.0 Å². The molecule has 1 heterocycles. The monoisotopic (exact) mass is 271 g/mol. The summed E-state index contributed by atoms with van der Waals surface area (Å²) in [7, 11) is 0. The standard InChI is InChI=1S/C16H21N3O/c1-2-4-16(5-3-1)19-10-8-15(18-19)12-17-9-11-20-13-14-6-7-14/h1-5,8,10,14,17H,6-7,9,11-13H2. The number of hydrogen-bond donors (Lipinski definition) is 1. The summed E-state index contributed by atoms with van der Waals surface area (Å²) in [6.07, 6.45) is 4.70. The lowest BCUT2D eigenvalue weighted by Gasteiger charge is -2.04. The molecule has 1 N–H and O–H groups in total. The number of para-hydroxylation sites is 1. The summed E-state index contributed by atoms with van der Waals surface area (Å²) in [6, 6.07) is 12.2. The maximum Gasteiger partial charge on any atom is 0.0766 e. The summed E-state index contributed by atoms with van der Waals surface area (Å²) < 4.78 is 7.49. The molecule has 106 valence electrons. The van der Waals surface area contributed by atoms with E-state index in [1.54, 1.807) is 0 Å². The largest absolute Gasteiger partial charge is 0.380 e. The molecule has 0 unspecified atom stereocenters. The Balaban J connectivity index is 1.38. The molecule has 0 spiro atoms. The van der Waals surface area contributed by atoms with Crippen molar-refractivity contribution in [3.05, 3.63) is 48.3 Å². The van der Waals surface area contributed by atoms with Crippen LogP contribution in [0.25, 0.3) is 5.69 Å². The van der Waals surface area contributed by atoms with Gasteiger partial charge in [0, 0.05) is 25.9 Å². The number of nitrogens with one attached hydrogen (secondary N) is 1. The van der Waals surface area contributed by atoms with Gasteiger partial charge in [-0.15, -0.1) is 0 Å². The number of benzene rings is 1. The quantitative estimate of drug-likeness (QED) is 0.749. The molecule has 0 saturated heterocycles. The minimum absolute atomic E-state index is 0.784. The number of ether oxygens (including phenoxy) is 1. The van der Waals surface area contributed by atoms with Gasteiger partial charge in [-0.05, 0) is 37.0 Å². The lowest BCUT2D eigenvalue weighted by atomic mass is 10.3. The zero-order valence-corrected chi connectivity index (χ0v) is 11.7. The van der Waals surface area contributed by atoms with Gasteiger partial charge in [0.15, 0.2) is 0 Å². The third-order valence-corrected chi connectivity index (χ3v) is 3.44. The molecule has 1 aromatic heterocycles. The number of hydrogen-bond acceptors (Lipinski definition) is 3. The van der Waals surface area contributed by atoms with Gasteiger partial charge in [-0.3, -0.25) is 0 Å². The fourth-order valence-electron chi connectivity index (χ4n) is 2.08. The molecule has 2 aromatic rings. The van der Waals surface area contributed by atoms with E-state index in [2.05, 4.69) is 22.5 Å². The van der Waals surface area contributed by atoms with Crippen molar-refractivity contribution in [2.45, 2.75) is 19.4 Å². The Bertz CT molecular complexity index is 520. The highest BCUT2D eigenvalue weighted by molar-refractivity contribution is 5.30. The van der Waals surface area contributed by atoms with Crippen LogP contribution in [0.2, 0.25) is 0 Å². The van der Waals surface area contributed by atoms with Gasteiger partial charge in [0.1, 0.15) is 0 Å². The average Bonchev–Trinajstić information content (AvgIpc) is 3.20. The van der Waals surface area contributed by atoms with E-state index in [4.69, 9.17) is 4.74 Å². The second kappa shape index (κ2) is 6.68. The fourth-order valence-corrected chi connectivity index (χ4v) is 2.08. The molecular formula is C16H21N3O. The molecule has 0 amide bonds. The predicted octanol–water partition coefficient (Wildman–Crippen LogP) is 2.39. The smallest absolute Gasteiger partial charge is 0.0766 e. The summed E-state index contributed by atoms with van der Waals surface area (Å²) in [5, 5.41) is 7.91. The summed E-state index contributed by atoms with van der Waals surface area (Å²) in [5.41, 5.74) is 2.14. The molecule has 0 aliphatic heterocycles. The van der Waals surface area contributed by atoms with E-state index in [1.807, 2.05) is 35.1 Å². The van der Waals surface area contributed by atoms with Crippen molar-refractivity contribution >= 4 is 0 Å². The maximum absolute atomic E-state index is 5.58. The van der Waals surface area contributed by atoms with E-state index in [-0.39, 0.29) is 0 Å². The molecule has 4 heteroatoms. The summed E-state index contributed by atoms with van der Waals surface area (Å²) >= 11 is 0. The molecule has 1 aliphatic rings. The maximum atomic E-state index is 5.58. The van der Waals surface area contributed by atoms with Crippen molar-refractivity contribution in [2.24, 2.45) is 5.92 Å². The molecule has 0 atom stereocenters. The first-order valence-corrected chi connectivity index (χ1v) is 7.30. The van der Waals surface area contributed by atoms with Gasteiger partial charge in [-0.1, -0.05) is 18.2 Å². The first-order valence-electron chi connectivity index (χ1n) is 7.30. The van der Waals surface area contributed by atoms with E-state index < -0.39 is 0 Å². The lowest BCUT2D eigenvalue weighted by molar-refractivity contribution is 0.126. The summed E-state index contributed by atoms with van der Waals surface area (Å²) in [5.74, 6) is 0.844. The first kappa shape index (κ1) is 13.3. The highest BCUT2D eigenvalue weighted by atomic mass is 16.5. The van der Waals surface area contributed by atoms with Crippen LogP contribution < -0.4 is 5.32 Å². The van der Waals surface area contributed by atoms with Crippen LogP contribution in [0.15, 0.2) is 42.6 Å². The molecule has 1 fully saturated rings. The Morgan fingerprint density at radius 3 is 2.85 bits per heavy atom. The molecule has 0 radical (unpaired) electrons. The van der Waals surface area contributed by atoms with Crippen molar-refractivity contribution in [2.75, 3.05) is 19.8 Å². The molecular weight excluding hydrogens is 250 g/mol. The molecule has 1 aromatic carbocycles. The van der Waals surface area contributed by atoms with Crippen LogP contribution >= 0.6 is 0 Å². The fraction of sp³-hybridized carbons (Fsp3) is 0.438. The SMILES string of the molecule is c1ccc(-n2ccc(CNCCOCC3CC3)n2)cc1. The summed E-state index contributed by atoms with van der Waals surface area (Å²) in [4.78, 5) is 0. The lowest BCUT2D eigenvalue weighted by Crippen LogP contribution is -2.20. The van der Waals surface area contributed by atoms with Crippen molar-refractivity contribution < 1.29 is 4.74 Å². The Morgan fingerprint density at radius 1 is 1.20 bits per heavy atom. The van der Waals surface area contributed by atoms with E-state index in [9.17, 15) is 0 Å². The molecule has 3 rings (SSSR count). The van der Waals surface area contributed by atoms with E-state index in [0.29, 0.717) is 0 Å². The molecule has 20 heavy (non-hydrogen) atoms. The third kappa shape index (κ3) is 3.92. The van der Waals surface area contributed by atoms with E-state index in [0.717, 1.165) is 43.6 Å². The second-order valence-electron chi connectivity index (χ2n) is 5.28. The normalized spacial score (nSPS) is 14.6. The predicted molar refractivity (Wildman–Crippen MR) is 78.8 cm³/mol. The Labute approximate surface area is 119 Å². The van der Waals surface area contributed by atoms with Gasteiger partial charge in [0.25, 0.3) is 0 Å². The number of nitrogens with zero attached hydrogens (tertiary/aromatic N) is 2. The van der Waals surface area contributed by atoms with Crippen molar-refractivity contribution in [3.63, 3.8) is 0 Å². The minimum Gasteiger partial charge on any atom is -0.380 e. The number of rotatable bonds is 8. The van der Waals surface area contributed by atoms with Gasteiger partial charge in [-0.25, -0.2) is 4.68 Å². The van der Waals surface area contributed by atoms with Crippen molar-refractivity contribution in [1.82, 2.24) is 15.1 Å². The molecule has 1 aliphatic carbocycles. The van der Waals surface area contributed by atoms with Crippen LogP contribution in [-0.4, -0.2) is 29.5 Å².